The van der Waals surface area contributed by atoms with Gasteiger partial charge in [-0.15, -0.1) is 0 Å². The summed E-state index contributed by atoms with van der Waals surface area (Å²) in [7, 11) is 0. The Morgan fingerprint density at radius 2 is 1.86 bits per heavy atom. The van der Waals surface area contributed by atoms with Gasteiger partial charge in [-0.2, -0.15) is 0 Å². The van der Waals surface area contributed by atoms with Crippen molar-refractivity contribution in [2.24, 2.45) is 0 Å². The van der Waals surface area contributed by atoms with Gasteiger partial charge >= 0.3 is 0 Å². The van der Waals surface area contributed by atoms with E-state index in [4.69, 9.17) is 4.98 Å². The number of benzene rings is 2. The molecule has 3 aromatic rings. The number of hydrogen-bond donors (Lipinski definition) is 2. The molecule has 2 N–H and O–H groups in total. The van der Waals surface area contributed by atoms with Crippen LogP contribution in [0.1, 0.15) is 29.6 Å². The number of rotatable bonds is 5. The highest BCUT2D eigenvalue weighted by atomic mass is 16.3. The van der Waals surface area contributed by atoms with Gasteiger partial charge in [0, 0.05) is 24.2 Å². The largest absolute Gasteiger partial charge is 0.395 e. The molecule has 1 fully saturated rings. The van der Waals surface area contributed by atoms with Crippen LogP contribution >= 0.6 is 0 Å². The Hall–Kier alpha value is -2.70. The molecule has 1 amide bonds. The lowest BCUT2D eigenvalue weighted by Crippen LogP contribution is -2.45. The van der Waals surface area contributed by atoms with Crippen molar-refractivity contribution < 1.29 is 15.0 Å². The summed E-state index contributed by atoms with van der Waals surface area (Å²) in [6.45, 7) is 1.19. The van der Waals surface area contributed by atoms with Crippen LogP contribution in [0.4, 0.5) is 0 Å². The number of carbonyl (C=O) groups excluding carboxylic acids is 1. The van der Waals surface area contributed by atoms with E-state index in [2.05, 4.69) is 0 Å². The molecule has 6 nitrogen and oxygen atoms in total. The minimum absolute atomic E-state index is 0.00894. The summed E-state index contributed by atoms with van der Waals surface area (Å²) in [4.78, 5) is 19.4. The first-order valence-electron chi connectivity index (χ1n) is 9.81. The van der Waals surface area contributed by atoms with Gasteiger partial charge in [-0.05, 0) is 43.5 Å². The number of imidazole rings is 1. The molecule has 1 atom stereocenters. The number of fused-ring (bicyclic) bond motifs is 1. The first kappa shape index (κ1) is 18.7. The number of hydrogen-bond acceptors (Lipinski definition) is 4. The quantitative estimate of drug-likeness (QED) is 0.714. The lowest BCUT2D eigenvalue weighted by molar-refractivity contribution is 0.0503. The minimum atomic E-state index is -0.0883. The average molecular weight is 379 g/mol. The van der Waals surface area contributed by atoms with Crippen LogP contribution in [-0.2, 0) is 6.54 Å². The van der Waals surface area contributed by atoms with Gasteiger partial charge in [0.05, 0.1) is 30.3 Å². The van der Waals surface area contributed by atoms with Crippen LogP contribution in [0.25, 0.3) is 22.4 Å². The molecule has 2 aromatic carbocycles. The van der Waals surface area contributed by atoms with Crippen LogP contribution in [0.5, 0.6) is 0 Å². The lowest BCUT2D eigenvalue weighted by atomic mass is 10.0. The van der Waals surface area contributed by atoms with E-state index < -0.39 is 0 Å². The number of nitrogens with zero attached hydrogens (tertiary/aromatic N) is 3. The van der Waals surface area contributed by atoms with Crippen molar-refractivity contribution in [3.8, 4) is 11.4 Å². The van der Waals surface area contributed by atoms with Gasteiger partial charge < -0.3 is 19.7 Å². The van der Waals surface area contributed by atoms with E-state index >= 15 is 0 Å². The molecule has 0 unspecified atom stereocenters. The number of piperidine rings is 1. The van der Waals surface area contributed by atoms with Crippen molar-refractivity contribution in [3.63, 3.8) is 0 Å². The predicted molar refractivity (Wildman–Crippen MR) is 108 cm³/mol. The fourth-order valence-electron chi connectivity index (χ4n) is 4.01. The van der Waals surface area contributed by atoms with Gasteiger partial charge in [0.1, 0.15) is 5.82 Å². The van der Waals surface area contributed by atoms with Crippen molar-refractivity contribution in [1.82, 2.24) is 14.5 Å². The highest BCUT2D eigenvalue weighted by Crippen LogP contribution is 2.26. The molecule has 28 heavy (non-hydrogen) atoms. The van der Waals surface area contributed by atoms with Crippen molar-refractivity contribution in [2.45, 2.75) is 31.8 Å². The van der Waals surface area contributed by atoms with Crippen LogP contribution in [0, 0.1) is 0 Å². The molecule has 1 aliphatic rings. The molecule has 1 saturated heterocycles. The second kappa shape index (κ2) is 8.12. The molecule has 1 aromatic heterocycles. The third-order valence-corrected chi connectivity index (χ3v) is 5.47. The van der Waals surface area contributed by atoms with Crippen LogP contribution in [0.15, 0.2) is 48.5 Å². The van der Waals surface area contributed by atoms with E-state index in [-0.39, 0.29) is 25.2 Å². The molecular formula is C22H25N3O3. The van der Waals surface area contributed by atoms with Gasteiger partial charge in [-0.1, -0.05) is 24.3 Å². The number of para-hydroxylation sites is 2. The second-order valence-corrected chi connectivity index (χ2v) is 7.21. The fourth-order valence-corrected chi connectivity index (χ4v) is 4.01. The molecule has 0 radical (unpaired) electrons. The van der Waals surface area contributed by atoms with Crippen molar-refractivity contribution in [2.75, 3.05) is 19.8 Å². The van der Waals surface area contributed by atoms with Crippen molar-refractivity contribution >= 4 is 16.9 Å². The molecule has 0 aliphatic carbocycles. The van der Waals surface area contributed by atoms with E-state index in [9.17, 15) is 15.0 Å². The zero-order valence-corrected chi connectivity index (χ0v) is 15.8. The summed E-state index contributed by atoms with van der Waals surface area (Å²) in [5, 5.41) is 19.0. The first-order chi connectivity index (χ1) is 13.7. The number of carbonyl (C=O) groups is 1. The Morgan fingerprint density at radius 3 is 2.61 bits per heavy atom. The molecular weight excluding hydrogens is 354 g/mol. The standard InChI is InChI=1S/C22H25N3O3/c26-14-13-25-20-7-2-1-6-19(20)23-21(25)16-8-10-17(11-9-16)22(28)24-12-4-3-5-18(24)15-27/h1-2,6-11,18,26-27H,3-5,12-15H2/t18-/m1/s1. The zero-order valence-electron chi connectivity index (χ0n) is 15.8. The maximum atomic E-state index is 12.9. The molecule has 1 aliphatic heterocycles. The first-order valence-corrected chi connectivity index (χ1v) is 9.81. The highest BCUT2D eigenvalue weighted by Gasteiger charge is 2.26. The van der Waals surface area contributed by atoms with Crippen LogP contribution in [0.2, 0.25) is 0 Å². The lowest BCUT2D eigenvalue weighted by Gasteiger charge is -2.34. The number of likely N-dealkylation sites (tertiary alicyclic amines) is 1. The summed E-state index contributed by atoms with van der Waals surface area (Å²) in [5.41, 5.74) is 3.38. The van der Waals surface area contributed by atoms with Crippen LogP contribution in [-0.4, -0.2) is 56.4 Å². The Morgan fingerprint density at radius 1 is 1.07 bits per heavy atom. The van der Waals surface area contributed by atoms with Gasteiger partial charge in [-0.3, -0.25) is 4.79 Å². The van der Waals surface area contributed by atoms with Gasteiger partial charge in [0.15, 0.2) is 0 Å². The molecule has 0 bridgehead atoms. The van der Waals surface area contributed by atoms with Gasteiger partial charge in [-0.25, -0.2) is 4.98 Å². The molecule has 4 rings (SSSR count). The summed E-state index contributed by atoms with van der Waals surface area (Å²) in [6.07, 6.45) is 2.88. The van der Waals surface area contributed by atoms with Crippen molar-refractivity contribution in [1.29, 1.82) is 0 Å². The molecule has 0 saturated carbocycles. The Bertz CT molecular complexity index is 965. The monoisotopic (exact) mass is 379 g/mol. The fraction of sp³-hybridized carbons (Fsp3) is 0.364. The Labute approximate surface area is 164 Å². The summed E-state index contributed by atoms with van der Waals surface area (Å²) >= 11 is 0. The SMILES string of the molecule is O=C(c1ccc(-c2nc3ccccc3n2CCO)cc1)N1CCCC[C@@H]1CO. The summed E-state index contributed by atoms with van der Waals surface area (Å²) in [6, 6.07) is 15.2. The van der Waals surface area contributed by atoms with Crippen molar-refractivity contribution in [3.05, 3.63) is 54.1 Å². The van der Waals surface area contributed by atoms with Crippen LogP contribution in [0.3, 0.4) is 0 Å². The number of aromatic nitrogens is 2. The summed E-state index contributed by atoms with van der Waals surface area (Å²) in [5.74, 6) is 0.745. The Balaban J connectivity index is 1.64. The van der Waals surface area contributed by atoms with Gasteiger partial charge in [0.2, 0.25) is 0 Å². The average Bonchev–Trinajstić information content (AvgIpc) is 3.12. The minimum Gasteiger partial charge on any atom is -0.395 e. The molecule has 2 heterocycles. The smallest absolute Gasteiger partial charge is 0.254 e. The van der Waals surface area contributed by atoms with E-state index in [1.165, 1.54) is 0 Å². The van der Waals surface area contributed by atoms with Gasteiger partial charge in [0.25, 0.3) is 5.91 Å². The normalized spacial score (nSPS) is 17.2. The number of amides is 1. The number of aliphatic hydroxyl groups excluding tert-OH is 2. The molecule has 0 spiro atoms. The van der Waals surface area contributed by atoms with E-state index in [1.807, 2.05) is 53.1 Å². The van der Waals surface area contributed by atoms with E-state index in [0.717, 1.165) is 41.7 Å². The highest BCUT2D eigenvalue weighted by molar-refractivity contribution is 5.95. The summed E-state index contributed by atoms with van der Waals surface area (Å²) < 4.78 is 2.00. The van der Waals surface area contributed by atoms with E-state index in [0.29, 0.717) is 18.7 Å². The maximum Gasteiger partial charge on any atom is 0.254 e. The van der Waals surface area contributed by atoms with Crippen LogP contribution < -0.4 is 0 Å². The third kappa shape index (κ3) is 3.41. The molecule has 6 heteroatoms. The zero-order chi connectivity index (χ0) is 19.5. The third-order valence-electron chi connectivity index (χ3n) is 5.47. The topological polar surface area (TPSA) is 78.6 Å². The maximum absolute atomic E-state index is 12.9. The Kier molecular flexibility index (Phi) is 5.41. The van der Waals surface area contributed by atoms with E-state index in [1.54, 1.807) is 4.90 Å². The second-order valence-electron chi connectivity index (χ2n) is 7.21. The predicted octanol–water partition coefficient (Wildman–Crippen LogP) is 2.68. The molecule has 146 valence electrons. The number of aliphatic hydroxyl groups is 2.